The molecule has 3 heteroatoms. The van der Waals surface area contributed by atoms with Crippen LogP contribution in [0.25, 0.3) is 0 Å². The van der Waals surface area contributed by atoms with E-state index >= 15 is 0 Å². The van der Waals surface area contributed by atoms with Gasteiger partial charge in [-0.3, -0.25) is 4.90 Å². The van der Waals surface area contributed by atoms with Gasteiger partial charge >= 0.3 is 0 Å². The SMILES string of the molecule is COC1CCN(C2CCC2CNC(C)(C)C)CC1. The van der Waals surface area contributed by atoms with Crippen LogP contribution in [0.2, 0.25) is 0 Å². The molecule has 0 bridgehead atoms. The molecule has 2 rings (SSSR count). The summed E-state index contributed by atoms with van der Waals surface area (Å²) in [5.41, 5.74) is 0.253. The molecule has 0 spiro atoms. The topological polar surface area (TPSA) is 24.5 Å². The second kappa shape index (κ2) is 5.89. The lowest BCUT2D eigenvalue weighted by molar-refractivity contribution is -0.00959. The van der Waals surface area contributed by atoms with E-state index < -0.39 is 0 Å². The molecule has 2 unspecified atom stereocenters. The molecular formula is C15H30N2O. The molecule has 0 aromatic heterocycles. The van der Waals surface area contributed by atoms with Crippen LogP contribution >= 0.6 is 0 Å². The van der Waals surface area contributed by atoms with E-state index in [0.29, 0.717) is 6.10 Å². The van der Waals surface area contributed by atoms with Crippen LogP contribution in [0, 0.1) is 5.92 Å². The summed E-state index contributed by atoms with van der Waals surface area (Å²) in [6.07, 6.45) is 5.73. The third-order valence-corrected chi connectivity index (χ3v) is 4.55. The van der Waals surface area contributed by atoms with Crippen molar-refractivity contribution >= 4 is 0 Å². The van der Waals surface area contributed by atoms with Crippen LogP contribution in [-0.4, -0.2) is 49.3 Å². The van der Waals surface area contributed by atoms with Gasteiger partial charge in [-0.25, -0.2) is 0 Å². The van der Waals surface area contributed by atoms with Gasteiger partial charge in [-0.2, -0.15) is 0 Å². The Morgan fingerprint density at radius 2 is 1.78 bits per heavy atom. The van der Waals surface area contributed by atoms with Gasteiger partial charge in [0.2, 0.25) is 0 Å². The number of rotatable bonds is 4. The predicted molar refractivity (Wildman–Crippen MR) is 75.9 cm³/mol. The highest BCUT2D eigenvalue weighted by molar-refractivity contribution is 4.92. The van der Waals surface area contributed by atoms with Gasteiger partial charge in [-0.15, -0.1) is 0 Å². The maximum atomic E-state index is 5.45. The van der Waals surface area contributed by atoms with E-state index in [4.69, 9.17) is 4.74 Å². The van der Waals surface area contributed by atoms with Gasteiger partial charge < -0.3 is 10.1 Å². The molecule has 106 valence electrons. The molecule has 1 saturated carbocycles. The summed E-state index contributed by atoms with van der Waals surface area (Å²) in [5.74, 6) is 0.864. The molecule has 2 fully saturated rings. The van der Waals surface area contributed by atoms with E-state index in [1.807, 2.05) is 7.11 Å². The molecule has 18 heavy (non-hydrogen) atoms. The first-order chi connectivity index (χ1) is 8.49. The van der Waals surface area contributed by atoms with Crippen LogP contribution in [-0.2, 0) is 4.74 Å². The molecular weight excluding hydrogens is 224 g/mol. The lowest BCUT2D eigenvalue weighted by atomic mass is 9.77. The van der Waals surface area contributed by atoms with E-state index in [1.54, 1.807) is 0 Å². The summed E-state index contributed by atoms with van der Waals surface area (Å²) in [7, 11) is 1.85. The van der Waals surface area contributed by atoms with Crippen molar-refractivity contribution in [2.45, 2.75) is 64.1 Å². The van der Waals surface area contributed by atoms with Gasteiger partial charge in [0, 0.05) is 31.8 Å². The smallest absolute Gasteiger partial charge is 0.0595 e. The number of nitrogens with zero attached hydrogens (tertiary/aromatic N) is 1. The van der Waals surface area contributed by atoms with Crippen molar-refractivity contribution < 1.29 is 4.74 Å². The van der Waals surface area contributed by atoms with Gasteiger partial charge in [0.15, 0.2) is 0 Å². The summed E-state index contributed by atoms with van der Waals surface area (Å²) < 4.78 is 5.45. The van der Waals surface area contributed by atoms with Crippen LogP contribution in [0.1, 0.15) is 46.5 Å². The van der Waals surface area contributed by atoms with Crippen molar-refractivity contribution in [3.8, 4) is 0 Å². The minimum absolute atomic E-state index is 0.253. The molecule has 1 aliphatic heterocycles. The Morgan fingerprint density at radius 1 is 1.11 bits per heavy atom. The third-order valence-electron chi connectivity index (χ3n) is 4.55. The monoisotopic (exact) mass is 254 g/mol. The largest absolute Gasteiger partial charge is 0.381 e. The first kappa shape index (κ1) is 14.3. The highest BCUT2D eigenvalue weighted by atomic mass is 16.5. The standard InChI is InChI=1S/C15H30N2O/c1-15(2,3)16-11-12-5-6-14(12)17-9-7-13(18-4)8-10-17/h12-14,16H,5-11H2,1-4H3. The molecule has 0 amide bonds. The molecule has 0 aromatic rings. The van der Waals surface area contributed by atoms with E-state index in [9.17, 15) is 0 Å². The fraction of sp³-hybridized carbons (Fsp3) is 1.00. The number of likely N-dealkylation sites (tertiary alicyclic amines) is 1. The first-order valence-corrected chi connectivity index (χ1v) is 7.51. The number of nitrogens with one attached hydrogen (secondary N) is 1. The number of ether oxygens (including phenoxy) is 1. The lowest BCUT2D eigenvalue weighted by Gasteiger charge is -2.47. The van der Waals surface area contributed by atoms with Crippen LogP contribution in [0.4, 0.5) is 0 Å². The number of methoxy groups -OCH3 is 1. The summed E-state index contributed by atoms with van der Waals surface area (Å²) in [6, 6.07) is 0.831. The van der Waals surface area contributed by atoms with Gasteiger partial charge in [-0.05, 0) is 58.9 Å². The van der Waals surface area contributed by atoms with Crippen LogP contribution < -0.4 is 5.32 Å². The Morgan fingerprint density at radius 3 is 2.22 bits per heavy atom. The maximum Gasteiger partial charge on any atom is 0.0595 e. The minimum atomic E-state index is 0.253. The van der Waals surface area contributed by atoms with Crippen molar-refractivity contribution in [1.82, 2.24) is 10.2 Å². The zero-order valence-electron chi connectivity index (χ0n) is 12.5. The van der Waals surface area contributed by atoms with Crippen LogP contribution in [0.3, 0.4) is 0 Å². The fourth-order valence-corrected chi connectivity index (χ4v) is 3.15. The highest BCUT2D eigenvalue weighted by Crippen LogP contribution is 2.33. The van der Waals surface area contributed by atoms with Gasteiger partial charge in [0.25, 0.3) is 0 Å². The van der Waals surface area contributed by atoms with E-state index in [-0.39, 0.29) is 5.54 Å². The fourth-order valence-electron chi connectivity index (χ4n) is 3.15. The molecule has 2 aliphatic rings. The van der Waals surface area contributed by atoms with Gasteiger partial charge in [0.05, 0.1) is 6.10 Å². The Kier molecular flexibility index (Phi) is 4.68. The molecule has 3 nitrogen and oxygen atoms in total. The second-order valence-electron chi connectivity index (χ2n) is 7.01. The normalized spacial score (nSPS) is 31.3. The van der Waals surface area contributed by atoms with Gasteiger partial charge in [-0.1, -0.05) is 0 Å². The van der Waals surface area contributed by atoms with E-state index in [1.165, 1.54) is 45.3 Å². The minimum Gasteiger partial charge on any atom is -0.381 e. The molecule has 0 radical (unpaired) electrons. The average Bonchev–Trinajstić information content (AvgIpc) is 2.27. The molecule has 1 saturated heterocycles. The Bertz CT molecular complexity index is 254. The summed E-state index contributed by atoms with van der Waals surface area (Å²) in [4.78, 5) is 2.70. The number of hydrogen-bond donors (Lipinski definition) is 1. The van der Waals surface area contributed by atoms with Crippen molar-refractivity contribution in [3.05, 3.63) is 0 Å². The average molecular weight is 254 g/mol. The summed E-state index contributed by atoms with van der Waals surface area (Å²) in [5, 5.41) is 3.66. The lowest BCUT2D eigenvalue weighted by Crippen LogP contribution is -2.55. The van der Waals surface area contributed by atoms with E-state index in [2.05, 4.69) is 31.0 Å². The van der Waals surface area contributed by atoms with Crippen molar-refractivity contribution in [2.24, 2.45) is 5.92 Å². The molecule has 1 aliphatic carbocycles. The third kappa shape index (κ3) is 3.69. The zero-order chi connectivity index (χ0) is 13.2. The van der Waals surface area contributed by atoms with Crippen molar-refractivity contribution in [1.29, 1.82) is 0 Å². The highest BCUT2D eigenvalue weighted by Gasteiger charge is 2.37. The molecule has 0 aromatic carbocycles. The molecule has 2 atom stereocenters. The summed E-state index contributed by atoms with van der Waals surface area (Å²) >= 11 is 0. The zero-order valence-corrected chi connectivity index (χ0v) is 12.5. The number of hydrogen-bond acceptors (Lipinski definition) is 3. The van der Waals surface area contributed by atoms with Crippen LogP contribution in [0.5, 0.6) is 0 Å². The Balaban J connectivity index is 1.73. The van der Waals surface area contributed by atoms with Gasteiger partial charge in [0.1, 0.15) is 0 Å². The van der Waals surface area contributed by atoms with Crippen molar-refractivity contribution in [2.75, 3.05) is 26.7 Å². The molecule has 1 heterocycles. The van der Waals surface area contributed by atoms with E-state index in [0.717, 1.165) is 12.0 Å². The Hall–Kier alpha value is -0.120. The maximum absolute atomic E-state index is 5.45. The summed E-state index contributed by atoms with van der Waals surface area (Å²) in [6.45, 7) is 10.4. The number of piperidine rings is 1. The first-order valence-electron chi connectivity index (χ1n) is 7.51. The Labute approximate surface area is 112 Å². The molecule has 1 N–H and O–H groups in total. The van der Waals surface area contributed by atoms with Crippen LogP contribution in [0.15, 0.2) is 0 Å². The quantitative estimate of drug-likeness (QED) is 0.833. The second-order valence-corrected chi connectivity index (χ2v) is 7.01. The predicted octanol–water partition coefficient (Wildman–Crippen LogP) is 2.26. The van der Waals surface area contributed by atoms with Crippen molar-refractivity contribution in [3.63, 3.8) is 0 Å².